The topological polar surface area (TPSA) is 90.9 Å². The highest BCUT2D eigenvalue weighted by molar-refractivity contribution is 5.86. The smallest absolute Gasteiger partial charge is 0.197 e. The molecule has 20 heavy (non-hydrogen) atoms. The summed E-state index contributed by atoms with van der Waals surface area (Å²) in [6.07, 6.45) is 0. The maximum Gasteiger partial charge on any atom is 0.197 e. The molecule has 0 amide bonds. The normalized spacial score (nSPS) is 10.8. The highest BCUT2D eigenvalue weighted by Gasteiger charge is 2.13. The Labute approximate surface area is 113 Å². The summed E-state index contributed by atoms with van der Waals surface area (Å²) < 4.78 is 5.52. The van der Waals surface area contributed by atoms with E-state index in [1.165, 1.54) is 24.3 Å². The van der Waals surface area contributed by atoms with Gasteiger partial charge in [0, 0.05) is 17.7 Å². The van der Waals surface area contributed by atoms with Crippen LogP contribution in [0.15, 0.2) is 45.6 Å². The Hall–Kier alpha value is -2.95. The number of rotatable bonds is 1. The molecule has 0 fully saturated rings. The van der Waals surface area contributed by atoms with Gasteiger partial charge in [-0.2, -0.15) is 0 Å². The van der Waals surface area contributed by atoms with Crippen molar-refractivity contribution in [2.75, 3.05) is 0 Å². The number of phenols is 3. The first kappa shape index (κ1) is 12.1. The summed E-state index contributed by atoms with van der Waals surface area (Å²) in [7, 11) is 0. The summed E-state index contributed by atoms with van der Waals surface area (Å²) in [5.41, 5.74) is 0.251. The molecule has 0 spiro atoms. The van der Waals surface area contributed by atoms with E-state index in [-0.39, 0.29) is 16.7 Å². The number of hydrogen-bond donors (Lipinski definition) is 3. The second-order valence-electron chi connectivity index (χ2n) is 4.25. The molecular weight excluding hydrogens is 260 g/mol. The molecule has 1 aromatic heterocycles. The molecule has 3 aromatic rings. The highest BCUT2D eigenvalue weighted by Crippen LogP contribution is 2.32. The van der Waals surface area contributed by atoms with Crippen molar-refractivity contribution in [1.29, 1.82) is 0 Å². The lowest BCUT2D eigenvalue weighted by atomic mass is 10.1. The molecule has 0 aliphatic heterocycles. The van der Waals surface area contributed by atoms with Crippen molar-refractivity contribution in [3.8, 4) is 28.6 Å². The van der Waals surface area contributed by atoms with Gasteiger partial charge in [-0.25, -0.2) is 0 Å². The molecule has 5 nitrogen and oxygen atoms in total. The third-order valence-corrected chi connectivity index (χ3v) is 2.93. The third kappa shape index (κ3) is 1.85. The summed E-state index contributed by atoms with van der Waals surface area (Å²) in [5.74, 6) is -0.649. The van der Waals surface area contributed by atoms with Crippen LogP contribution in [0.3, 0.4) is 0 Å². The Kier molecular flexibility index (Phi) is 2.61. The average Bonchev–Trinajstić information content (AvgIpc) is 2.43. The molecule has 99 valence electrons. The minimum absolute atomic E-state index is 0.0937. The van der Waals surface area contributed by atoms with Gasteiger partial charge in [-0.3, -0.25) is 4.79 Å². The molecule has 5 heteroatoms. The molecule has 0 unspecified atom stereocenters. The summed E-state index contributed by atoms with van der Waals surface area (Å²) in [6, 6.07) is 11.0. The van der Waals surface area contributed by atoms with E-state index in [9.17, 15) is 20.1 Å². The van der Waals surface area contributed by atoms with Crippen LogP contribution in [0.25, 0.3) is 22.3 Å². The van der Waals surface area contributed by atoms with Crippen LogP contribution < -0.4 is 5.43 Å². The third-order valence-electron chi connectivity index (χ3n) is 2.93. The van der Waals surface area contributed by atoms with Crippen molar-refractivity contribution in [3.05, 3.63) is 52.7 Å². The fourth-order valence-electron chi connectivity index (χ4n) is 1.94. The van der Waals surface area contributed by atoms with Crippen molar-refractivity contribution >= 4 is 11.0 Å². The number of phenolic OH excluding ortho intramolecular Hbond substituents is 3. The molecule has 0 saturated carbocycles. The van der Waals surface area contributed by atoms with E-state index in [0.29, 0.717) is 11.3 Å². The SMILES string of the molecule is O=c1cc(-c2ccc(O)cc2)oc2c[c]c(O)c(O)c12. The maximum absolute atomic E-state index is 12.0. The first-order valence-electron chi connectivity index (χ1n) is 5.76. The first-order valence-corrected chi connectivity index (χ1v) is 5.76. The second-order valence-corrected chi connectivity index (χ2v) is 4.25. The van der Waals surface area contributed by atoms with Crippen LogP contribution in [-0.2, 0) is 0 Å². The predicted octanol–water partition coefficient (Wildman–Crippen LogP) is 2.38. The molecule has 0 bridgehead atoms. The fraction of sp³-hybridized carbons (Fsp3) is 0. The molecule has 1 heterocycles. The Morgan fingerprint density at radius 2 is 1.75 bits per heavy atom. The van der Waals surface area contributed by atoms with Gasteiger partial charge in [0.2, 0.25) is 0 Å². The van der Waals surface area contributed by atoms with Crippen LogP contribution in [0, 0.1) is 6.07 Å². The van der Waals surface area contributed by atoms with Crippen LogP contribution in [0.4, 0.5) is 0 Å². The van der Waals surface area contributed by atoms with Gasteiger partial charge in [0.25, 0.3) is 0 Å². The molecule has 3 N–H and O–H groups in total. The molecule has 0 saturated heterocycles. The summed E-state index contributed by atoms with van der Waals surface area (Å²) in [5, 5.41) is 28.2. The summed E-state index contributed by atoms with van der Waals surface area (Å²) in [4.78, 5) is 12.0. The van der Waals surface area contributed by atoms with Gasteiger partial charge in [-0.05, 0) is 30.3 Å². The number of fused-ring (bicyclic) bond motifs is 1. The van der Waals surface area contributed by atoms with Crippen LogP contribution in [-0.4, -0.2) is 15.3 Å². The molecule has 0 aliphatic rings. The Morgan fingerprint density at radius 1 is 1.05 bits per heavy atom. The molecule has 0 aliphatic carbocycles. The van der Waals surface area contributed by atoms with Gasteiger partial charge in [0.15, 0.2) is 16.9 Å². The Bertz CT molecular complexity index is 847. The van der Waals surface area contributed by atoms with Gasteiger partial charge < -0.3 is 19.7 Å². The minimum atomic E-state index is -0.548. The van der Waals surface area contributed by atoms with Gasteiger partial charge >= 0.3 is 0 Å². The molecule has 3 rings (SSSR count). The Balaban J connectivity index is 2.28. The van der Waals surface area contributed by atoms with Crippen LogP contribution in [0.1, 0.15) is 0 Å². The van der Waals surface area contributed by atoms with Crippen molar-refractivity contribution in [1.82, 2.24) is 0 Å². The van der Waals surface area contributed by atoms with Gasteiger partial charge in [-0.1, -0.05) is 0 Å². The largest absolute Gasteiger partial charge is 0.508 e. The first-order chi connectivity index (χ1) is 9.56. The summed E-state index contributed by atoms with van der Waals surface area (Å²) in [6.45, 7) is 0. The van der Waals surface area contributed by atoms with Crippen molar-refractivity contribution in [3.63, 3.8) is 0 Å². The zero-order valence-electron chi connectivity index (χ0n) is 10.1. The van der Waals surface area contributed by atoms with E-state index in [1.807, 2.05) is 0 Å². The van der Waals surface area contributed by atoms with Gasteiger partial charge in [0.1, 0.15) is 22.5 Å². The number of aromatic hydroxyl groups is 3. The lowest BCUT2D eigenvalue weighted by Crippen LogP contribution is -2.00. The molecular formula is C15H9O5. The quantitative estimate of drug-likeness (QED) is 0.590. The lowest BCUT2D eigenvalue weighted by molar-refractivity contribution is 0.406. The van der Waals surface area contributed by atoms with E-state index >= 15 is 0 Å². The van der Waals surface area contributed by atoms with Gasteiger partial charge in [0.05, 0.1) is 0 Å². The van der Waals surface area contributed by atoms with Crippen LogP contribution in [0.2, 0.25) is 0 Å². The van der Waals surface area contributed by atoms with Crippen LogP contribution >= 0.6 is 0 Å². The van der Waals surface area contributed by atoms with E-state index in [1.54, 1.807) is 12.1 Å². The van der Waals surface area contributed by atoms with Crippen molar-refractivity contribution in [2.45, 2.75) is 0 Å². The van der Waals surface area contributed by atoms with Crippen molar-refractivity contribution in [2.24, 2.45) is 0 Å². The lowest BCUT2D eigenvalue weighted by Gasteiger charge is -2.05. The minimum Gasteiger partial charge on any atom is -0.508 e. The van der Waals surface area contributed by atoms with Gasteiger partial charge in [-0.15, -0.1) is 0 Å². The fourth-order valence-corrected chi connectivity index (χ4v) is 1.94. The van der Waals surface area contributed by atoms with E-state index in [0.717, 1.165) is 0 Å². The highest BCUT2D eigenvalue weighted by atomic mass is 16.3. The maximum atomic E-state index is 12.0. The second kappa shape index (κ2) is 4.31. The van der Waals surface area contributed by atoms with Crippen molar-refractivity contribution < 1.29 is 19.7 Å². The zero-order chi connectivity index (χ0) is 14.3. The van der Waals surface area contributed by atoms with Crippen LogP contribution in [0.5, 0.6) is 17.2 Å². The monoisotopic (exact) mass is 269 g/mol. The molecule has 2 aromatic carbocycles. The van der Waals surface area contributed by atoms with E-state index in [4.69, 9.17) is 4.42 Å². The zero-order valence-corrected chi connectivity index (χ0v) is 10.1. The standard InChI is InChI=1S/C15H9O5/c16-9-3-1-8(2-4-9)13-7-11(18)14-12(20-13)6-5-10(17)15(14)19/h1-4,6-7,16-17,19H. The average molecular weight is 269 g/mol. The summed E-state index contributed by atoms with van der Waals surface area (Å²) >= 11 is 0. The molecule has 1 radical (unpaired) electrons. The predicted molar refractivity (Wildman–Crippen MR) is 71.8 cm³/mol. The molecule has 0 atom stereocenters. The number of hydrogen-bond acceptors (Lipinski definition) is 5. The Morgan fingerprint density at radius 3 is 2.45 bits per heavy atom. The van der Waals surface area contributed by atoms with E-state index in [2.05, 4.69) is 6.07 Å². The van der Waals surface area contributed by atoms with E-state index < -0.39 is 16.9 Å². The number of benzene rings is 2.